The lowest BCUT2D eigenvalue weighted by atomic mass is 9.82. The molecule has 0 aromatic carbocycles. The molecule has 4 heteroatoms. The summed E-state index contributed by atoms with van der Waals surface area (Å²) >= 11 is 0. The molecule has 1 aliphatic carbocycles. The lowest BCUT2D eigenvalue weighted by Gasteiger charge is -2.31. The van der Waals surface area contributed by atoms with Crippen LogP contribution in [0.4, 0.5) is 5.82 Å². The average Bonchev–Trinajstić information content (AvgIpc) is 2.23. The molecule has 1 saturated carbocycles. The van der Waals surface area contributed by atoms with Crippen LogP contribution in [0.5, 0.6) is 0 Å². The summed E-state index contributed by atoms with van der Waals surface area (Å²) in [5, 5.41) is 12.5. The lowest BCUT2D eigenvalue weighted by molar-refractivity contribution is 0.0486. The van der Waals surface area contributed by atoms with Crippen molar-refractivity contribution in [3.05, 3.63) is 18.1 Å². The summed E-state index contributed by atoms with van der Waals surface area (Å²) in [7, 11) is 0. The fourth-order valence-corrected chi connectivity index (χ4v) is 1.90. The quantitative estimate of drug-likeness (QED) is 0.813. The molecule has 1 aromatic heterocycles. The first-order valence-corrected chi connectivity index (χ1v) is 5.89. The largest absolute Gasteiger partial charge is 0.393 e. The van der Waals surface area contributed by atoms with Gasteiger partial charge in [-0.1, -0.05) is 13.8 Å². The van der Waals surface area contributed by atoms with Gasteiger partial charge in [-0.3, -0.25) is 0 Å². The van der Waals surface area contributed by atoms with Crippen LogP contribution in [0.2, 0.25) is 0 Å². The number of nitrogens with one attached hydrogen (secondary N) is 1. The molecule has 0 saturated heterocycles. The first-order chi connectivity index (χ1) is 7.65. The van der Waals surface area contributed by atoms with Crippen molar-refractivity contribution in [2.24, 2.45) is 5.92 Å². The number of hydrogen-bond donors (Lipinski definition) is 2. The third kappa shape index (κ3) is 2.70. The summed E-state index contributed by atoms with van der Waals surface area (Å²) in [6.45, 7) is 5.13. The molecule has 0 unspecified atom stereocenters. The number of rotatable bonds is 4. The van der Waals surface area contributed by atoms with E-state index in [2.05, 4.69) is 29.1 Å². The van der Waals surface area contributed by atoms with Gasteiger partial charge < -0.3 is 10.4 Å². The van der Waals surface area contributed by atoms with Crippen LogP contribution in [0.3, 0.4) is 0 Å². The van der Waals surface area contributed by atoms with E-state index in [1.165, 1.54) is 0 Å². The van der Waals surface area contributed by atoms with Crippen molar-refractivity contribution in [3.63, 3.8) is 0 Å². The molecule has 2 N–H and O–H groups in total. The highest BCUT2D eigenvalue weighted by molar-refractivity contribution is 5.35. The third-order valence-corrected chi connectivity index (χ3v) is 3.06. The molecule has 0 atom stereocenters. The first-order valence-electron chi connectivity index (χ1n) is 5.89. The number of aromatic nitrogens is 2. The van der Waals surface area contributed by atoms with Gasteiger partial charge in [-0.15, -0.1) is 0 Å². The van der Waals surface area contributed by atoms with E-state index in [1.54, 1.807) is 6.33 Å². The molecule has 88 valence electrons. The van der Waals surface area contributed by atoms with E-state index in [-0.39, 0.29) is 6.10 Å². The summed E-state index contributed by atoms with van der Waals surface area (Å²) in [6.07, 6.45) is 3.35. The number of hydrogen-bond acceptors (Lipinski definition) is 4. The van der Waals surface area contributed by atoms with E-state index in [1.807, 2.05) is 6.07 Å². The van der Waals surface area contributed by atoms with Crippen LogP contribution < -0.4 is 5.32 Å². The maximum atomic E-state index is 9.18. The van der Waals surface area contributed by atoms with Crippen molar-refractivity contribution in [3.8, 4) is 0 Å². The summed E-state index contributed by atoms with van der Waals surface area (Å²) in [5.41, 5.74) is 1.06. The monoisotopic (exact) mass is 221 g/mol. The molecule has 0 amide bonds. The van der Waals surface area contributed by atoms with Gasteiger partial charge in [0.2, 0.25) is 0 Å². The molecular formula is C12H19N3O. The number of nitrogens with zero attached hydrogens (tertiary/aromatic N) is 2. The molecule has 0 radical (unpaired) electrons. The molecule has 4 nitrogen and oxygen atoms in total. The van der Waals surface area contributed by atoms with Crippen LogP contribution in [0.1, 0.15) is 38.3 Å². The highest BCUT2D eigenvalue weighted by Crippen LogP contribution is 2.27. The Morgan fingerprint density at radius 3 is 2.81 bits per heavy atom. The van der Waals surface area contributed by atoms with Crippen molar-refractivity contribution >= 4 is 5.82 Å². The van der Waals surface area contributed by atoms with Crippen LogP contribution in [-0.4, -0.2) is 27.7 Å². The van der Waals surface area contributed by atoms with Gasteiger partial charge in [-0.2, -0.15) is 0 Å². The van der Waals surface area contributed by atoms with E-state index in [0.29, 0.717) is 11.8 Å². The third-order valence-electron chi connectivity index (χ3n) is 3.06. The normalized spacial score (nSPS) is 24.2. The molecule has 1 fully saturated rings. The Morgan fingerprint density at radius 2 is 2.19 bits per heavy atom. The van der Waals surface area contributed by atoms with Gasteiger partial charge in [-0.25, -0.2) is 9.97 Å². The van der Waals surface area contributed by atoms with Gasteiger partial charge in [0.15, 0.2) is 0 Å². The zero-order chi connectivity index (χ0) is 11.5. The molecular weight excluding hydrogens is 202 g/mol. The Kier molecular flexibility index (Phi) is 3.39. The fourth-order valence-electron chi connectivity index (χ4n) is 1.90. The van der Waals surface area contributed by atoms with Crippen molar-refractivity contribution < 1.29 is 5.11 Å². The van der Waals surface area contributed by atoms with Crippen LogP contribution in [0, 0.1) is 5.92 Å². The minimum atomic E-state index is -0.0802. The number of aliphatic hydroxyl groups excluding tert-OH is 1. The average molecular weight is 221 g/mol. The van der Waals surface area contributed by atoms with Gasteiger partial charge in [0.1, 0.15) is 12.1 Å². The second-order valence-corrected chi connectivity index (χ2v) is 4.85. The van der Waals surface area contributed by atoms with Gasteiger partial charge in [0.05, 0.1) is 6.10 Å². The molecule has 16 heavy (non-hydrogen) atoms. The van der Waals surface area contributed by atoms with Crippen molar-refractivity contribution in [2.45, 2.75) is 38.7 Å². The van der Waals surface area contributed by atoms with E-state index in [0.717, 1.165) is 30.9 Å². The predicted molar refractivity (Wildman–Crippen MR) is 63.3 cm³/mol. The minimum Gasteiger partial charge on any atom is -0.393 e. The fraction of sp³-hybridized carbons (Fsp3) is 0.667. The van der Waals surface area contributed by atoms with Gasteiger partial charge in [0, 0.05) is 18.3 Å². The summed E-state index contributed by atoms with van der Waals surface area (Å²) < 4.78 is 0. The smallest absolute Gasteiger partial charge is 0.129 e. The summed E-state index contributed by atoms with van der Waals surface area (Å²) in [6, 6.07) is 2.00. The Labute approximate surface area is 96.1 Å². The molecule has 1 heterocycles. The Bertz CT molecular complexity index is 348. The number of aliphatic hydroxyl groups is 1. The summed E-state index contributed by atoms with van der Waals surface area (Å²) in [4.78, 5) is 8.41. The molecule has 1 aromatic rings. The van der Waals surface area contributed by atoms with Gasteiger partial charge in [-0.05, 0) is 24.7 Å². The SMILES string of the molecule is CC(C)c1cc(NCC2CC(O)C2)ncn1. The topological polar surface area (TPSA) is 58.0 Å². The maximum absolute atomic E-state index is 9.18. The highest BCUT2D eigenvalue weighted by Gasteiger charge is 2.26. The highest BCUT2D eigenvalue weighted by atomic mass is 16.3. The van der Waals surface area contributed by atoms with Crippen molar-refractivity contribution in [1.82, 2.24) is 9.97 Å². The maximum Gasteiger partial charge on any atom is 0.129 e. The van der Waals surface area contributed by atoms with Crippen molar-refractivity contribution in [2.75, 3.05) is 11.9 Å². The second kappa shape index (κ2) is 4.78. The zero-order valence-corrected chi connectivity index (χ0v) is 9.85. The predicted octanol–water partition coefficient (Wildman–Crippen LogP) is 1.78. The molecule has 1 aliphatic rings. The minimum absolute atomic E-state index is 0.0802. The molecule has 0 bridgehead atoms. The van der Waals surface area contributed by atoms with Crippen LogP contribution >= 0.6 is 0 Å². The second-order valence-electron chi connectivity index (χ2n) is 4.85. The number of anilines is 1. The summed E-state index contributed by atoms with van der Waals surface area (Å²) in [5.74, 6) is 1.90. The zero-order valence-electron chi connectivity index (χ0n) is 9.85. The van der Waals surface area contributed by atoms with Crippen LogP contribution in [-0.2, 0) is 0 Å². The van der Waals surface area contributed by atoms with Crippen LogP contribution in [0.25, 0.3) is 0 Å². The van der Waals surface area contributed by atoms with Crippen molar-refractivity contribution in [1.29, 1.82) is 0 Å². The van der Waals surface area contributed by atoms with E-state index < -0.39 is 0 Å². The molecule has 2 rings (SSSR count). The van der Waals surface area contributed by atoms with E-state index in [4.69, 9.17) is 0 Å². The van der Waals surface area contributed by atoms with Gasteiger partial charge >= 0.3 is 0 Å². The Hall–Kier alpha value is -1.16. The van der Waals surface area contributed by atoms with E-state index in [9.17, 15) is 5.11 Å². The molecule has 0 spiro atoms. The lowest BCUT2D eigenvalue weighted by Crippen LogP contribution is -2.33. The van der Waals surface area contributed by atoms with Crippen LogP contribution in [0.15, 0.2) is 12.4 Å². The molecule has 0 aliphatic heterocycles. The Morgan fingerprint density at radius 1 is 1.44 bits per heavy atom. The first kappa shape index (κ1) is 11.3. The van der Waals surface area contributed by atoms with E-state index >= 15 is 0 Å². The Balaban J connectivity index is 1.86. The standard InChI is InChI=1S/C12H19N3O/c1-8(2)11-5-12(15-7-14-11)13-6-9-3-10(16)4-9/h5,7-10,16H,3-4,6H2,1-2H3,(H,13,14,15). The van der Waals surface area contributed by atoms with Gasteiger partial charge in [0.25, 0.3) is 0 Å².